The lowest BCUT2D eigenvalue weighted by molar-refractivity contribution is -0.192. The van der Waals surface area contributed by atoms with Crippen LogP contribution in [0.2, 0.25) is 5.28 Å². The van der Waals surface area contributed by atoms with Gasteiger partial charge in [-0.15, -0.1) is 5.92 Å². The fraction of sp³-hybridized carbons (Fsp3) is 0.471. The Bertz CT molecular complexity index is 1140. The molecule has 1 saturated heterocycles. The van der Waals surface area contributed by atoms with Gasteiger partial charge in [0, 0.05) is 33.2 Å². The number of piperazine rings is 1. The third kappa shape index (κ3) is 5.41. The highest BCUT2D eigenvalue weighted by atomic mass is 35.5. The van der Waals surface area contributed by atoms with E-state index in [0.29, 0.717) is 44.2 Å². The van der Waals surface area contributed by atoms with Gasteiger partial charge in [-0.05, 0) is 18.5 Å². The molecule has 2 aromatic heterocycles. The first-order valence-electron chi connectivity index (χ1n) is 8.93. The predicted molar refractivity (Wildman–Crippen MR) is 107 cm³/mol. The third-order valence-corrected chi connectivity index (χ3v) is 4.74. The van der Waals surface area contributed by atoms with E-state index >= 15 is 0 Å². The van der Waals surface area contributed by atoms with Gasteiger partial charge in [-0.3, -0.25) is 13.9 Å². The van der Waals surface area contributed by atoms with Crippen molar-refractivity contribution in [3.63, 3.8) is 0 Å². The highest BCUT2D eigenvalue weighted by Gasteiger charge is 2.38. The third-order valence-electron chi connectivity index (χ3n) is 4.40. The molecular weight excluding hydrogens is 461 g/mol. The Morgan fingerprint density at radius 2 is 1.72 bits per heavy atom. The second-order valence-corrected chi connectivity index (χ2v) is 6.74. The number of hydrogen-bond donors (Lipinski definition) is 2. The number of nitrogens with zero attached hydrogens (tertiary/aromatic N) is 6. The molecule has 1 fully saturated rings. The molecule has 3 heterocycles. The van der Waals surface area contributed by atoms with Gasteiger partial charge in [-0.2, -0.15) is 23.1 Å². The molecule has 1 aliphatic rings. The van der Waals surface area contributed by atoms with Crippen LogP contribution in [0.5, 0.6) is 0 Å². The normalized spacial score (nSPS) is 13.8. The zero-order chi connectivity index (χ0) is 24.2. The van der Waals surface area contributed by atoms with Gasteiger partial charge in [-0.1, -0.05) is 5.92 Å². The molecule has 2 aromatic rings. The molecule has 15 heteroatoms. The molecule has 0 atom stereocenters. The van der Waals surface area contributed by atoms with Crippen LogP contribution in [-0.2, 0) is 18.4 Å². The number of aliphatic carboxylic acids is 1. The summed E-state index contributed by atoms with van der Waals surface area (Å²) in [7, 11) is 1.55. The zero-order valence-electron chi connectivity index (χ0n) is 16.8. The number of carboxylic acids is 1. The summed E-state index contributed by atoms with van der Waals surface area (Å²) in [4.78, 5) is 44.5. The summed E-state index contributed by atoms with van der Waals surface area (Å²) >= 11 is 5.99. The van der Waals surface area contributed by atoms with E-state index in [1.807, 2.05) is 4.90 Å². The molecule has 0 saturated carbocycles. The fourth-order valence-corrected chi connectivity index (χ4v) is 2.93. The van der Waals surface area contributed by atoms with Crippen molar-refractivity contribution < 1.29 is 33.0 Å². The van der Waals surface area contributed by atoms with Crippen LogP contribution in [0.15, 0.2) is 4.79 Å². The summed E-state index contributed by atoms with van der Waals surface area (Å²) in [6, 6.07) is 0. The van der Waals surface area contributed by atoms with Gasteiger partial charge in [0.1, 0.15) is 0 Å². The van der Waals surface area contributed by atoms with Crippen molar-refractivity contribution in [2.75, 3.05) is 31.1 Å². The Labute approximate surface area is 183 Å². The van der Waals surface area contributed by atoms with E-state index < -0.39 is 18.2 Å². The molecule has 174 valence electrons. The van der Waals surface area contributed by atoms with E-state index in [1.54, 1.807) is 18.5 Å². The van der Waals surface area contributed by atoms with Gasteiger partial charge in [0.25, 0.3) is 5.56 Å². The zero-order valence-corrected chi connectivity index (χ0v) is 17.6. The Kier molecular flexibility index (Phi) is 7.57. The number of anilines is 1. The smallest absolute Gasteiger partial charge is 0.475 e. The summed E-state index contributed by atoms with van der Waals surface area (Å²) < 4.78 is 34.7. The van der Waals surface area contributed by atoms with Gasteiger partial charge in [0.05, 0.1) is 6.54 Å². The maximum atomic E-state index is 12.6. The van der Waals surface area contributed by atoms with Crippen LogP contribution in [0.25, 0.3) is 11.2 Å². The summed E-state index contributed by atoms with van der Waals surface area (Å²) in [5, 5.41) is 16.3. The van der Waals surface area contributed by atoms with Crippen LogP contribution >= 0.6 is 11.6 Å². The number of fused-ring (bicyclic) bond motifs is 1. The molecule has 0 unspecified atom stereocenters. The van der Waals surface area contributed by atoms with Crippen molar-refractivity contribution >= 4 is 40.8 Å². The molecule has 2 N–H and O–H groups in total. The van der Waals surface area contributed by atoms with Gasteiger partial charge in [0.15, 0.2) is 11.2 Å². The number of halogens is 4. The second-order valence-electron chi connectivity index (χ2n) is 6.40. The molecule has 11 nitrogen and oxygen atoms in total. The van der Waals surface area contributed by atoms with E-state index in [4.69, 9.17) is 26.6 Å². The van der Waals surface area contributed by atoms with Gasteiger partial charge < -0.3 is 20.0 Å². The van der Waals surface area contributed by atoms with Crippen molar-refractivity contribution in [2.24, 2.45) is 7.05 Å². The SMILES string of the molecule is CC#CCn1c(N2CCN(C(=O)O)CC2)nc2nc(Cl)n(C)c(=O)c21.O=C(O)C(F)(F)F. The highest BCUT2D eigenvalue weighted by molar-refractivity contribution is 6.28. The average Bonchev–Trinajstić information content (AvgIpc) is 3.08. The monoisotopic (exact) mass is 478 g/mol. The van der Waals surface area contributed by atoms with Crippen LogP contribution in [0, 0.1) is 11.8 Å². The first-order chi connectivity index (χ1) is 14.9. The van der Waals surface area contributed by atoms with Crippen molar-refractivity contribution in [3.05, 3.63) is 15.6 Å². The van der Waals surface area contributed by atoms with E-state index in [2.05, 4.69) is 21.8 Å². The Balaban J connectivity index is 0.000000451. The molecule has 0 aromatic carbocycles. The number of carboxylic acid groups (broad SMARTS) is 2. The minimum atomic E-state index is -5.08. The molecule has 3 rings (SSSR count). The number of imidazole rings is 1. The van der Waals surface area contributed by atoms with Gasteiger partial charge >= 0.3 is 18.2 Å². The number of alkyl halides is 3. The van der Waals surface area contributed by atoms with Crippen LogP contribution < -0.4 is 10.5 Å². The predicted octanol–water partition coefficient (Wildman–Crippen LogP) is 1.24. The molecular formula is C17H18ClF3N6O5. The Morgan fingerprint density at radius 3 is 2.19 bits per heavy atom. The first kappa shape index (κ1) is 24.8. The highest BCUT2D eigenvalue weighted by Crippen LogP contribution is 2.21. The Morgan fingerprint density at radius 1 is 1.16 bits per heavy atom. The minimum absolute atomic E-state index is 0.0611. The summed E-state index contributed by atoms with van der Waals surface area (Å²) in [6.07, 6.45) is -6.02. The van der Waals surface area contributed by atoms with Crippen molar-refractivity contribution in [2.45, 2.75) is 19.6 Å². The maximum absolute atomic E-state index is 12.6. The lowest BCUT2D eigenvalue weighted by Crippen LogP contribution is -2.49. The average molecular weight is 479 g/mol. The van der Waals surface area contributed by atoms with Gasteiger partial charge in [0.2, 0.25) is 11.2 Å². The van der Waals surface area contributed by atoms with Crippen molar-refractivity contribution in [3.8, 4) is 11.8 Å². The first-order valence-corrected chi connectivity index (χ1v) is 9.31. The van der Waals surface area contributed by atoms with Gasteiger partial charge in [-0.25, -0.2) is 9.59 Å². The van der Waals surface area contributed by atoms with E-state index in [0.717, 1.165) is 0 Å². The standard InChI is InChI=1S/C15H17ClN6O3.C2HF3O2/c1-3-4-5-22-10-11(17-13(16)19(2)12(10)23)18-14(22)20-6-8-21(9-7-20)15(24)25;3-2(4,5)1(6)7/h5-9H2,1-2H3,(H,24,25);(H,6,7). The molecule has 0 spiro atoms. The molecule has 32 heavy (non-hydrogen) atoms. The van der Waals surface area contributed by atoms with Crippen LogP contribution in [0.1, 0.15) is 6.92 Å². The van der Waals surface area contributed by atoms with Crippen LogP contribution in [0.4, 0.5) is 23.9 Å². The van der Waals surface area contributed by atoms with E-state index in [1.165, 1.54) is 9.47 Å². The summed E-state index contributed by atoms with van der Waals surface area (Å²) in [6.45, 7) is 3.69. The molecule has 0 aliphatic carbocycles. The van der Waals surface area contributed by atoms with Crippen LogP contribution in [0.3, 0.4) is 0 Å². The number of hydrogen-bond acceptors (Lipinski definition) is 6. The number of rotatable bonds is 2. The van der Waals surface area contributed by atoms with E-state index in [-0.39, 0.29) is 16.5 Å². The maximum Gasteiger partial charge on any atom is 0.490 e. The molecule has 1 amide bonds. The van der Waals surface area contributed by atoms with E-state index in [9.17, 15) is 22.8 Å². The molecule has 1 aliphatic heterocycles. The van der Waals surface area contributed by atoms with Crippen LogP contribution in [-0.4, -0.2) is 78.6 Å². The van der Waals surface area contributed by atoms with Crippen molar-refractivity contribution in [1.29, 1.82) is 0 Å². The topological polar surface area (TPSA) is 134 Å². The quantitative estimate of drug-likeness (QED) is 0.486. The second kappa shape index (κ2) is 9.77. The Hall–Kier alpha value is -3.47. The summed E-state index contributed by atoms with van der Waals surface area (Å²) in [5.74, 6) is 3.55. The molecule has 0 bridgehead atoms. The lowest BCUT2D eigenvalue weighted by Gasteiger charge is -2.33. The fourth-order valence-electron chi connectivity index (χ4n) is 2.77. The number of aromatic nitrogens is 4. The summed E-state index contributed by atoms with van der Waals surface area (Å²) in [5.41, 5.74) is 0.308. The number of amides is 1. The lowest BCUT2D eigenvalue weighted by atomic mass is 10.3. The number of carbonyl (C=O) groups is 2. The van der Waals surface area contributed by atoms with Crippen molar-refractivity contribution in [1.82, 2.24) is 24.0 Å². The largest absolute Gasteiger partial charge is 0.490 e. The molecule has 0 radical (unpaired) electrons. The minimum Gasteiger partial charge on any atom is -0.475 e.